The zero-order valence-corrected chi connectivity index (χ0v) is 14.3. The highest BCUT2D eigenvalue weighted by Crippen LogP contribution is 2.27. The average Bonchev–Trinajstić information content (AvgIpc) is 3.03. The summed E-state index contributed by atoms with van der Waals surface area (Å²) in [7, 11) is 1.81. The lowest BCUT2D eigenvalue weighted by molar-refractivity contribution is -0.139. The Kier molecular flexibility index (Phi) is 5.15. The van der Waals surface area contributed by atoms with Gasteiger partial charge in [0, 0.05) is 18.8 Å². The number of thiazole rings is 1. The Bertz CT molecular complexity index is 720. The molecular weight excluding hydrogens is 316 g/mol. The Labute approximate surface area is 138 Å². The quantitative estimate of drug-likeness (QED) is 0.842. The molecule has 2 N–H and O–H groups in total. The molecule has 0 aromatic carbocycles. The van der Waals surface area contributed by atoms with E-state index in [-0.39, 0.29) is 5.92 Å². The van der Waals surface area contributed by atoms with E-state index in [0.29, 0.717) is 22.0 Å². The molecule has 8 heteroatoms. The number of hydrogen-bond donors (Lipinski definition) is 2. The van der Waals surface area contributed by atoms with E-state index in [1.54, 1.807) is 24.9 Å². The van der Waals surface area contributed by atoms with Gasteiger partial charge in [0.2, 0.25) is 0 Å². The smallest absolute Gasteiger partial charge is 0.326 e. The highest BCUT2D eigenvalue weighted by molar-refractivity contribution is 7.17. The Morgan fingerprint density at radius 1 is 1.43 bits per heavy atom. The molecular formula is C15H20N4O3S. The largest absolute Gasteiger partial charge is 0.480 e. The zero-order chi connectivity index (χ0) is 17.1. The third kappa shape index (κ3) is 4.16. The molecule has 2 aromatic rings. The van der Waals surface area contributed by atoms with Crippen molar-refractivity contribution >= 4 is 23.2 Å². The molecule has 0 aliphatic heterocycles. The molecule has 0 aliphatic rings. The standard InChI is InChI=1S/C15H20N4O3S/c1-8(2)5-11(15(21)22)18-13(20)12-9(3)17-14(23-12)10-6-16-19(4)7-10/h6-8,11H,5H2,1-4H3,(H,18,20)(H,21,22). The Balaban J connectivity index is 2.19. The van der Waals surface area contributed by atoms with Crippen molar-refractivity contribution in [1.82, 2.24) is 20.1 Å². The topological polar surface area (TPSA) is 97.1 Å². The van der Waals surface area contributed by atoms with Crippen LogP contribution in [0.4, 0.5) is 0 Å². The fourth-order valence-corrected chi connectivity index (χ4v) is 3.12. The lowest BCUT2D eigenvalue weighted by Gasteiger charge is -2.15. The third-order valence-corrected chi connectivity index (χ3v) is 4.47. The van der Waals surface area contributed by atoms with Crippen LogP contribution in [0.1, 0.15) is 35.6 Å². The molecule has 2 rings (SSSR count). The first-order valence-electron chi connectivity index (χ1n) is 7.28. The second kappa shape index (κ2) is 6.91. The van der Waals surface area contributed by atoms with Crippen molar-refractivity contribution in [3.63, 3.8) is 0 Å². The fourth-order valence-electron chi connectivity index (χ4n) is 2.18. The van der Waals surface area contributed by atoms with Crippen LogP contribution in [0.3, 0.4) is 0 Å². The van der Waals surface area contributed by atoms with Crippen LogP contribution < -0.4 is 5.32 Å². The van der Waals surface area contributed by atoms with Gasteiger partial charge in [0.1, 0.15) is 15.9 Å². The molecule has 0 fully saturated rings. The van der Waals surface area contributed by atoms with Crippen LogP contribution in [0, 0.1) is 12.8 Å². The summed E-state index contributed by atoms with van der Waals surface area (Å²) in [6.45, 7) is 5.57. The number of hydrogen-bond acceptors (Lipinski definition) is 5. The summed E-state index contributed by atoms with van der Waals surface area (Å²) in [5.74, 6) is -1.25. The molecule has 7 nitrogen and oxygen atoms in total. The predicted molar refractivity (Wildman–Crippen MR) is 87.4 cm³/mol. The average molecular weight is 336 g/mol. The van der Waals surface area contributed by atoms with Crippen LogP contribution in [0.15, 0.2) is 12.4 Å². The van der Waals surface area contributed by atoms with Crippen LogP contribution >= 0.6 is 11.3 Å². The minimum atomic E-state index is -1.03. The molecule has 0 saturated heterocycles. The molecule has 124 valence electrons. The second-order valence-corrected chi connectivity index (χ2v) is 6.83. The van der Waals surface area contributed by atoms with E-state index in [2.05, 4.69) is 15.4 Å². The fraction of sp³-hybridized carbons (Fsp3) is 0.467. The maximum Gasteiger partial charge on any atom is 0.326 e. The minimum Gasteiger partial charge on any atom is -0.480 e. The van der Waals surface area contributed by atoms with Crippen LogP contribution in [0.2, 0.25) is 0 Å². The van der Waals surface area contributed by atoms with Crippen LogP contribution in [0.5, 0.6) is 0 Å². The van der Waals surface area contributed by atoms with Gasteiger partial charge in [-0.1, -0.05) is 13.8 Å². The third-order valence-electron chi connectivity index (χ3n) is 3.27. The van der Waals surface area contributed by atoms with Gasteiger partial charge in [-0.3, -0.25) is 9.48 Å². The van der Waals surface area contributed by atoms with Gasteiger partial charge in [-0.05, 0) is 19.3 Å². The van der Waals surface area contributed by atoms with Crippen molar-refractivity contribution in [1.29, 1.82) is 0 Å². The molecule has 2 aromatic heterocycles. The Hall–Kier alpha value is -2.22. The number of amides is 1. The Morgan fingerprint density at radius 2 is 2.13 bits per heavy atom. The number of nitrogens with one attached hydrogen (secondary N) is 1. The van der Waals surface area contributed by atoms with Gasteiger partial charge in [0.15, 0.2) is 0 Å². The highest BCUT2D eigenvalue weighted by atomic mass is 32.1. The maximum absolute atomic E-state index is 12.4. The normalized spacial score (nSPS) is 12.4. The number of carbonyl (C=O) groups is 2. The number of aliphatic carboxylic acids is 1. The highest BCUT2D eigenvalue weighted by Gasteiger charge is 2.24. The molecule has 0 saturated carbocycles. The van der Waals surface area contributed by atoms with Crippen molar-refractivity contribution in [3.05, 3.63) is 23.0 Å². The zero-order valence-electron chi connectivity index (χ0n) is 13.5. The molecule has 0 aliphatic carbocycles. The number of carboxylic acid groups (broad SMARTS) is 1. The van der Waals surface area contributed by atoms with E-state index in [0.717, 1.165) is 5.56 Å². The van der Waals surface area contributed by atoms with Gasteiger partial charge in [-0.25, -0.2) is 9.78 Å². The van der Waals surface area contributed by atoms with Crippen LogP contribution in [-0.4, -0.2) is 37.8 Å². The molecule has 1 amide bonds. The van der Waals surface area contributed by atoms with Crippen molar-refractivity contribution in [2.75, 3.05) is 0 Å². The van der Waals surface area contributed by atoms with E-state index in [1.165, 1.54) is 11.3 Å². The van der Waals surface area contributed by atoms with Gasteiger partial charge in [-0.15, -0.1) is 11.3 Å². The van der Waals surface area contributed by atoms with Crippen LogP contribution in [0.25, 0.3) is 10.6 Å². The van der Waals surface area contributed by atoms with Gasteiger partial charge < -0.3 is 10.4 Å². The van der Waals surface area contributed by atoms with Gasteiger partial charge in [0.25, 0.3) is 5.91 Å². The predicted octanol–water partition coefficient (Wildman–Crippen LogP) is 2.08. The second-order valence-electron chi connectivity index (χ2n) is 5.83. The van der Waals surface area contributed by atoms with Crippen LogP contribution in [-0.2, 0) is 11.8 Å². The lowest BCUT2D eigenvalue weighted by Crippen LogP contribution is -2.41. The molecule has 0 bridgehead atoms. The molecule has 0 spiro atoms. The van der Waals surface area contributed by atoms with Gasteiger partial charge in [-0.2, -0.15) is 5.10 Å². The van der Waals surface area contributed by atoms with E-state index < -0.39 is 17.9 Å². The maximum atomic E-state index is 12.4. The number of aromatic nitrogens is 3. The van der Waals surface area contributed by atoms with E-state index in [9.17, 15) is 14.7 Å². The number of carboxylic acids is 1. The summed E-state index contributed by atoms with van der Waals surface area (Å²) in [5.41, 5.74) is 1.41. The summed E-state index contributed by atoms with van der Waals surface area (Å²) in [6.07, 6.45) is 3.88. The minimum absolute atomic E-state index is 0.171. The van der Waals surface area contributed by atoms with E-state index >= 15 is 0 Å². The van der Waals surface area contributed by atoms with E-state index in [1.807, 2.05) is 20.0 Å². The number of nitrogens with zero attached hydrogens (tertiary/aromatic N) is 3. The number of aryl methyl sites for hydroxylation is 2. The first-order valence-corrected chi connectivity index (χ1v) is 8.09. The number of rotatable bonds is 6. The van der Waals surface area contributed by atoms with Crippen molar-refractivity contribution in [3.8, 4) is 10.6 Å². The number of carbonyl (C=O) groups excluding carboxylic acids is 1. The van der Waals surface area contributed by atoms with Gasteiger partial charge in [0.05, 0.1) is 11.9 Å². The molecule has 23 heavy (non-hydrogen) atoms. The first-order chi connectivity index (χ1) is 10.8. The van der Waals surface area contributed by atoms with Crippen molar-refractivity contribution < 1.29 is 14.7 Å². The SMILES string of the molecule is Cc1nc(-c2cnn(C)c2)sc1C(=O)NC(CC(C)C)C(=O)O. The first kappa shape index (κ1) is 17.1. The van der Waals surface area contributed by atoms with Crippen molar-refractivity contribution in [2.24, 2.45) is 13.0 Å². The summed E-state index contributed by atoms with van der Waals surface area (Å²) in [5, 5.41) is 16.6. The molecule has 1 atom stereocenters. The van der Waals surface area contributed by atoms with Crippen molar-refractivity contribution in [2.45, 2.75) is 33.2 Å². The molecule has 2 heterocycles. The summed E-state index contributed by atoms with van der Waals surface area (Å²) >= 11 is 1.24. The van der Waals surface area contributed by atoms with E-state index in [4.69, 9.17) is 0 Å². The molecule has 1 unspecified atom stereocenters. The molecule has 0 radical (unpaired) electrons. The monoisotopic (exact) mass is 336 g/mol. The summed E-state index contributed by atoms with van der Waals surface area (Å²) in [4.78, 5) is 28.5. The Morgan fingerprint density at radius 3 is 2.65 bits per heavy atom. The summed E-state index contributed by atoms with van der Waals surface area (Å²) in [6, 6.07) is -0.897. The van der Waals surface area contributed by atoms with Gasteiger partial charge >= 0.3 is 5.97 Å². The summed E-state index contributed by atoms with van der Waals surface area (Å²) < 4.78 is 1.66. The lowest BCUT2D eigenvalue weighted by atomic mass is 10.0.